The zero-order valence-corrected chi connectivity index (χ0v) is 18.9. The van der Waals surface area contributed by atoms with Crippen LogP contribution in [-0.2, 0) is 6.42 Å². The van der Waals surface area contributed by atoms with E-state index >= 15 is 0 Å². The van der Waals surface area contributed by atoms with Gasteiger partial charge in [0, 0.05) is 0 Å². The number of benzene rings is 1. The number of nitrogens with zero attached hydrogens (tertiary/aromatic N) is 1. The summed E-state index contributed by atoms with van der Waals surface area (Å²) in [6.45, 7) is 2.32. The molecule has 3 rings (SSSR count). The monoisotopic (exact) mass is 393 g/mol. The molecule has 0 N–H and O–H groups in total. The molecular formula is C28H43N. The maximum atomic E-state index is 8.89. The summed E-state index contributed by atoms with van der Waals surface area (Å²) in [6, 6.07) is 10.4. The predicted molar refractivity (Wildman–Crippen MR) is 124 cm³/mol. The lowest BCUT2D eigenvalue weighted by molar-refractivity contribution is 0.139. The molecule has 1 aromatic carbocycles. The van der Waals surface area contributed by atoms with Crippen molar-refractivity contribution in [1.29, 1.82) is 5.26 Å². The smallest absolute Gasteiger partial charge is 0.0991 e. The first-order valence-electron chi connectivity index (χ1n) is 12.8. The van der Waals surface area contributed by atoms with Gasteiger partial charge in [-0.2, -0.15) is 5.26 Å². The van der Waals surface area contributed by atoms with Crippen LogP contribution < -0.4 is 0 Å². The van der Waals surface area contributed by atoms with Crippen LogP contribution in [0.1, 0.15) is 114 Å². The summed E-state index contributed by atoms with van der Waals surface area (Å²) in [5, 5.41) is 8.89. The van der Waals surface area contributed by atoms with Gasteiger partial charge in [0.2, 0.25) is 0 Å². The second kappa shape index (κ2) is 12.4. The lowest BCUT2D eigenvalue weighted by atomic mass is 9.68. The number of rotatable bonds is 10. The fraction of sp³-hybridized carbons (Fsp3) is 0.750. The molecule has 0 amide bonds. The quantitative estimate of drug-likeness (QED) is 0.366. The third-order valence-corrected chi connectivity index (χ3v) is 8.08. The minimum absolute atomic E-state index is 0.774. The van der Waals surface area contributed by atoms with Crippen LogP contribution in [0.2, 0.25) is 0 Å². The fourth-order valence-electron chi connectivity index (χ4n) is 6.09. The van der Waals surface area contributed by atoms with Gasteiger partial charge in [0.15, 0.2) is 0 Å². The summed E-state index contributed by atoms with van der Waals surface area (Å²) in [4.78, 5) is 0. The average molecular weight is 394 g/mol. The molecule has 0 aromatic heterocycles. The van der Waals surface area contributed by atoms with Crippen LogP contribution in [0.3, 0.4) is 0 Å². The van der Waals surface area contributed by atoms with Crippen LogP contribution in [0.15, 0.2) is 24.3 Å². The summed E-state index contributed by atoms with van der Waals surface area (Å²) in [5.41, 5.74) is 2.16. The van der Waals surface area contributed by atoms with Gasteiger partial charge in [0.05, 0.1) is 11.6 Å². The first-order chi connectivity index (χ1) is 14.3. The highest BCUT2D eigenvalue weighted by molar-refractivity contribution is 5.31. The van der Waals surface area contributed by atoms with E-state index in [0.29, 0.717) is 0 Å². The zero-order valence-electron chi connectivity index (χ0n) is 18.9. The SMILES string of the molecule is CCCCC[C@H]1CC[C@H](C2CCC(CCCCc3ccc(C#N)cc3)CC2)CC1. The standard InChI is InChI=1S/C28H43N/c1-2-3-4-7-24-14-18-27(19-15-24)28-20-16-25(17-21-28)9-6-5-8-23-10-12-26(22-29)13-11-23/h10-13,24-25,27-28H,2-9,14-21H2,1H3/t24-,25?,27-,28?. The number of unbranched alkanes of at least 4 members (excludes halogenated alkanes) is 3. The molecule has 2 aliphatic carbocycles. The van der Waals surface area contributed by atoms with E-state index in [1.807, 2.05) is 12.1 Å². The molecule has 29 heavy (non-hydrogen) atoms. The van der Waals surface area contributed by atoms with E-state index < -0.39 is 0 Å². The minimum Gasteiger partial charge on any atom is -0.192 e. The highest BCUT2D eigenvalue weighted by atomic mass is 14.4. The van der Waals surface area contributed by atoms with Gasteiger partial charge in [-0.1, -0.05) is 83.3 Å². The van der Waals surface area contributed by atoms with Crippen molar-refractivity contribution in [3.8, 4) is 6.07 Å². The largest absolute Gasteiger partial charge is 0.192 e. The molecule has 0 saturated heterocycles. The lowest BCUT2D eigenvalue weighted by Gasteiger charge is -2.38. The molecule has 0 radical (unpaired) electrons. The molecular weight excluding hydrogens is 350 g/mol. The Bertz CT molecular complexity index is 594. The van der Waals surface area contributed by atoms with Gasteiger partial charge in [-0.3, -0.25) is 0 Å². The van der Waals surface area contributed by atoms with E-state index in [4.69, 9.17) is 5.26 Å². The van der Waals surface area contributed by atoms with Gasteiger partial charge in [-0.05, 0) is 79.9 Å². The molecule has 0 unspecified atom stereocenters. The molecule has 0 atom stereocenters. The normalized spacial score (nSPS) is 27.4. The second-order valence-corrected chi connectivity index (χ2v) is 10.1. The van der Waals surface area contributed by atoms with Crippen molar-refractivity contribution >= 4 is 0 Å². The van der Waals surface area contributed by atoms with Crippen LogP contribution in [0.25, 0.3) is 0 Å². The summed E-state index contributed by atoms with van der Waals surface area (Å²) in [6.07, 6.45) is 23.2. The van der Waals surface area contributed by atoms with Gasteiger partial charge in [-0.25, -0.2) is 0 Å². The Hall–Kier alpha value is -1.29. The maximum absolute atomic E-state index is 8.89. The van der Waals surface area contributed by atoms with Crippen LogP contribution >= 0.6 is 0 Å². The minimum atomic E-state index is 0.774. The Labute approximate surface area is 180 Å². The Morgan fingerprint density at radius 3 is 1.72 bits per heavy atom. The molecule has 2 fully saturated rings. The summed E-state index contributed by atoms with van der Waals surface area (Å²) >= 11 is 0. The van der Waals surface area contributed by atoms with Crippen molar-refractivity contribution in [1.82, 2.24) is 0 Å². The Morgan fingerprint density at radius 1 is 0.724 bits per heavy atom. The fourth-order valence-corrected chi connectivity index (χ4v) is 6.09. The summed E-state index contributed by atoms with van der Waals surface area (Å²) in [7, 11) is 0. The Morgan fingerprint density at radius 2 is 1.24 bits per heavy atom. The maximum Gasteiger partial charge on any atom is 0.0991 e. The van der Waals surface area contributed by atoms with Crippen LogP contribution in [0.4, 0.5) is 0 Å². The molecule has 2 aliphatic rings. The van der Waals surface area contributed by atoms with Crippen molar-refractivity contribution in [3.05, 3.63) is 35.4 Å². The molecule has 0 aliphatic heterocycles. The molecule has 0 spiro atoms. The van der Waals surface area contributed by atoms with Gasteiger partial charge < -0.3 is 0 Å². The molecule has 0 bridgehead atoms. The van der Waals surface area contributed by atoms with Gasteiger partial charge in [0.25, 0.3) is 0 Å². The van der Waals surface area contributed by atoms with Gasteiger partial charge >= 0.3 is 0 Å². The number of nitriles is 1. The zero-order chi connectivity index (χ0) is 20.3. The molecule has 0 heterocycles. The summed E-state index contributed by atoms with van der Waals surface area (Å²) < 4.78 is 0. The van der Waals surface area contributed by atoms with Gasteiger partial charge in [-0.15, -0.1) is 0 Å². The average Bonchev–Trinajstić information content (AvgIpc) is 2.78. The highest BCUT2D eigenvalue weighted by Gasteiger charge is 2.30. The lowest BCUT2D eigenvalue weighted by Crippen LogP contribution is -2.25. The molecule has 1 heteroatoms. The number of hydrogen-bond donors (Lipinski definition) is 0. The molecule has 2 saturated carbocycles. The Balaban J connectivity index is 1.25. The first kappa shape index (κ1) is 22.4. The van der Waals surface area contributed by atoms with Crippen molar-refractivity contribution in [2.24, 2.45) is 23.7 Å². The Kier molecular flexibility index (Phi) is 9.59. The molecule has 1 nitrogen and oxygen atoms in total. The third-order valence-electron chi connectivity index (χ3n) is 8.08. The number of hydrogen-bond acceptors (Lipinski definition) is 1. The second-order valence-electron chi connectivity index (χ2n) is 10.1. The topological polar surface area (TPSA) is 23.8 Å². The van der Waals surface area contributed by atoms with Crippen LogP contribution in [0, 0.1) is 35.0 Å². The van der Waals surface area contributed by atoms with Crippen molar-refractivity contribution in [2.75, 3.05) is 0 Å². The highest BCUT2D eigenvalue weighted by Crippen LogP contribution is 2.43. The van der Waals surface area contributed by atoms with E-state index in [9.17, 15) is 0 Å². The van der Waals surface area contributed by atoms with E-state index in [-0.39, 0.29) is 0 Å². The van der Waals surface area contributed by atoms with E-state index in [0.717, 1.165) is 29.2 Å². The van der Waals surface area contributed by atoms with Crippen LogP contribution in [-0.4, -0.2) is 0 Å². The van der Waals surface area contributed by atoms with Crippen molar-refractivity contribution < 1.29 is 0 Å². The van der Waals surface area contributed by atoms with E-state index in [1.165, 1.54) is 108 Å². The molecule has 1 aromatic rings. The van der Waals surface area contributed by atoms with Crippen LogP contribution in [0.5, 0.6) is 0 Å². The number of aryl methyl sites for hydroxylation is 1. The van der Waals surface area contributed by atoms with Crippen molar-refractivity contribution in [2.45, 2.75) is 110 Å². The predicted octanol–water partition coefficient (Wildman–Crippen LogP) is 8.46. The van der Waals surface area contributed by atoms with Gasteiger partial charge in [0.1, 0.15) is 0 Å². The summed E-state index contributed by atoms with van der Waals surface area (Å²) in [5.74, 6) is 4.18. The van der Waals surface area contributed by atoms with Crippen molar-refractivity contribution in [3.63, 3.8) is 0 Å². The third kappa shape index (κ3) is 7.47. The van der Waals surface area contributed by atoms with E-state index in [1.54, 1.807) is 0 Å². The molecule has 160 valence electrons. The first-order valence-corrected chi connectivity index (χ1v) is 12.8. The van der Waals surface area contributed by atoms with E-state index in [2.05, 4.69) is 25.1 Å².